The molecular formula is C10H15N5NaO5P. The van der Waals surface area contributed by atoms with Crippen molar-refractivity contribution in [1.82, 2.24) is 19.5 Å². The van der Waals surface area contributed by atoms with Gasteiger partial charge in [-0.3, -0.25) is 18.8 Å². The van der Waals surface area contributed by atoms with Crippen LogP contribution in [0, 0.1) is 5.92 Å². The average Bonchev–Trinajstić information content (AvgIpc) is 2.81. The van der Waals surface area contributed by atoms with Gasteiger partial charge >= 0.3 is 37.4 Å². The number of fused-ring (bicyclic) bond motifs is 1. The van der Waals surface area contributed by atoms with Crippen LogP contribution in [-0.4, -0.2) is 67.2 Å². The van der Waals surface area contributed by atoms with Crippen molar-refractivity contribution >= 4 is 54.5 Å². The van der Waals surface area contributed by atoms with Crippen LogP contribution >= 0.6 is 7.82 Å². The van der Waals surface area contributed by atoms with Crippen LogP contribution in [0.3, 0.4) is 0 Å². The molecule has 1 saturated heterocycles. The van der Waals surface area contributed by atoms with Gasteiger partial charge < -0.3 is 15.2 Å². The molecule has 4 N–H and O–H groups in total. The van der Waals surface area contributed by atoms with Gasteiger partial charge in [-0.25, -0.2) is 9.55 Å². The van der Waals surface area contributed by atoms with Gasteiger partial charge in [0.1, 0.15) is 0 Å². The number of nitrogens with zero attached hydrogens (tertiary/aromatic N) is 3. The number of aromatic amines is 1. The second-order valence-corrected chi connectivity index (χ2v) is 6.23. The van der Waals surface area contributed by atoms with Crippen LogP contribution in [0.4, 0.5) is 5.95 Å². The zero-order valence-corrected chi connectivity index (χ0v) is 11.8. The van der Waals surface area contributed by atoms with Crippen LogP contribution in [0.25, 0.3) is 11.2 Å². The van der Waals surface area contributed by atoms with Crippen LogP contribution in [0.15, 0.2) is 11.1 Å². The van der Waals surface area contributed by atoms with E-state index in [-0.39, 0.29) is 65.7 Å². The Morgan fingerprint density at radius 1 is 1.50 bits per heavy atom. The van der Waals surface area contributed by atoms with Gasteiger partial charge in [0, 0.05) is 12.5 Å². The summed E-state index contributed by atoms with van der Waals surface area (Å²) in [7, 11) is -3.85. The van der Waals surface area contributed by atoms with E-state index < -0.39 is 7.82 Å². The van der Waals surface area contributed by atoms with Gasteiger partial charge in [0.05, 0.1) is 19.5 Å². The second-order valence-electron chi connectivity index (χ2n) is 4.78. The molecule has 2 aromatic rings. The fourth-order valence-electron chi connectivity index (χ4n) is 2.11. The molecular weight excluding hydrogens is 324 g/mol. The molecule has 0 spiro atoms. The predicted octanol–water partition coefficient (Wildman–Crippen LogP) is -0.793. The number of aromatic nitrogens is 4. The predicted molar refractivity (Wildman–Crippen MR) is 79.5 cm³/mol. The summed E-state index contributed by atoms with van der Waals surface area (Å²) in [6.07, 6.45) is 2.13. The molecule has 1 fully saturated rings. The second kappa shape index (κ2) is 6.79. The Hall–Kier alpha value is -0.740. The third-order valence-electron chi connectivity index (χ3n) is 3.22. The Kier molecular flexibility index (Phi) is 5.44. The van der Waals surface area contributed by atoms with Gasteiger partial charge in [0.25, 0.3) is 5.56 Å². The molecule has 116 valence electrons. The molecule has 1 aliphatic heterocycles. The Labute approximate surface area is 146 Å². The van der Waals surface area contributed by atoms with E-state index in [2.05, 4.69) is 15.0 Å². The molecule has 3 heterocycles. The first-order valence-corrected chi connectivity index (χ1v) is 7.77. The van der Waals surface area contributed by atoms with Crippen molar-refractivity contribution in [1.29, 1.82) is 0 Å². The SMILES string of the molecule is Nc1nc2c(ncn2CCC2COP(=O)(O)OC2)c(=O)[nH]1.[NaH]. The average molecular weight is 339 g/mol. The molecule has 0 bridgehead atoms. The minimum absolute atomic E-state index is 0. The summed E-state index contributed by atoms with van der Waals surface area (Å²) >= 11 is 0. The fraction of sp³-hybridized carbons (Fsp3) is 0.500. The topological polar surface area (TPSA) is 145 Å². The maximum atomic E-state index is 11.6. The van der Waals surface area contributed by atoms with Crippen molar-refractivity contribution in [3.8, 4) is 0 Å². The van der Waals surface area contributed by atoms with E-state index in [0.29, 0.717) is 18.6 Å². The first-order chi connectivity index (χ1) is 9.94. The number of hydrogen-bond donors (Lipinski definition) is 3. The van der Waals surface area contributed by atoms with Crippen molar-refractivity contribution in [3.05, 3.63) is 16.7 Å². The summed E-state index contributed by atoms with van der Waals surface area (Å²) in [6, 6.07) is 0. The number of phosphoric acid groups is 1. The van der Waals surface area contributed by atoms with E-state index >= 15 is 0 Å². The monoisotopic (exact) mass is 339 g/mol. The van der Waals surface area contributed by atoms with E-state index in [1.807, 2.05) is 0 Å². The fourth-order valence-corrected chi connectivity index (χ4v) is 2.98. The molecule has 22 heavy (non-hydrogen) atoms. The maximum absolute atomic E-state index is 11.6. The van der Waals surface area contributed by atoms with Crippen molar-refractivity contribution in [2.75, 3.05) is 18.9 Å². The van der Waals surface area contributed by atoms with Crippen LogP contribution in [0.1, 0.15) is 6.42 Å². The van der Waals surface area contributed by atoms with E-state index in [0.717, 1.165) is 0 Å². The number of imidazole rings is 1. The quantitative estimate of drug-likeness (QED) is 0.487. The van der Waals surface area contributed by atoms with E-state index in [1.54, 1.807) is 4.57 Å². The molecule has 0 saturated carbocycles. The number of H-pyrrole nitrogens is 1. The third-order valence-corrected chi connectivity index (χ3v) is 4.17. The number of aryl methyl sites for hydroxylation is 1. The van der Waals surface area contributed by atoms with Crippen molar-refractivity contribution in [2.45, 2.75) is 13.0 Å². The van der Waals surface area contributed by atoms with Crippen molar-refractivity contribution in [2.24, 2.45) is 5.92 Å². The van der Waals surface area contributed by atoms with Crippen molar-refractivity contribution < 1.29 is 18.5 Å². The Morgan fingerprint density at radius 3 is 2.86 bits per heavy atom. The first-order valence-electron chi connectivity index (χ1n) is 6.27. The zero-order valence-electron chi connectivity index (χ0n) is 10.9. The summed E-state index contributed by atoms with van der Waals surface area (Å²) in [6.45, 7) is 0.812. The van der Waals surface area contributed by atoms with Crippen LogP contribution < -0.4 is 11.3 Å². The number of nitrogen functional groups attached to an aromatic ring is 1. The molecule has 0 radical (unpaired) electrons. The standard InChI is InChI=1S/C10H14N5O5P.Na.H/c11-10-13-8-7(9(16)14-10)12-5-15(8)2-1-6-3-19-21(17,18)20-4-6;;/h5-6H,1-4H2,(H,17,18)(H3,11,13,14,16);;. The molecule has 12 heteroatoms. The number of phosphoric ester groups is 1. The molecule has 10 nitrogen and oxygen atoms in total. The molecule has 0 atom stereocenters. The van der Waals surface area contributed by atoms with Gasteiger partial charge in [-0.15, -0.1) is 0 Å². The van der Waals surface area contributed by atoms with Gasteiger partial charge in [0.15, 0.2) is 11.2 Å². The number of hydrogen-bond acceptors (Lipinski definition) is 7. The summed E-state index contributed by atoms with van der Waals surface area (Å²) in [4.78, 5) is 31.2. The number of nitrogens with two attached hydrogens (primary N) is 1. The van der Waals surface area contributed by atoms with Gasteiger partial charge in [-0.2, -0.15) is 4.98 Å². The zero-order chi connectivity index (χ0) is 15.0. The van der Waals surface area contributed by atoms with Gasteiger partial charge in [0.2, 0.25) is 5.95 Å². The molecule has 0 amide bonds. The third kappa shape index (κ3) is 3.77. The summed E-state index contributed by atoms with van der Waals surface area (Å²) in [5.74, 6) is 0.0100. The molecule has 1 aliphatic rings. The Morgan fingerprint density at radius 2 is 2.18 bits per heavy atom. The number of rotatable bonds is 3. The Balaban J connectivity index is 0.00000176. The van der Waals surface area contributed by atoms with Crippen molar-refractivity contribution in [3.63, 3.8) is 0 Å². The molecule has 0 aromatic carbocycles. The Bertz CT molecular complexity index is 765. The molecule has 0 aliphatic carbocycles. The normalized spacial score (nSPS) is 25.0. The summed E-state index contributed by atoms with van der Waals surface area (Å²) in [5, 5.41) is 0. The van der Waals surface area contributed by atoms with Gasteiger partial charge in [-0.1, -0.05) is 0 Å². The van der Waals surface area contributed by atoms with Crippen LogP contribution in [0.5, 0.6) is 0 Å². The van der Waals surface area contributed by atoms with E-state index in [1.165, 1.54) is 6.33 Å². The van der Waals surface area contributed by atoms with E-state index in [9.17, 15) is 9.36 Å². The first kappa shape index (κ1) is 17.6. The van der Waals surface area contributed by atoms with Gasteiger partial charge in [-0.05, 0) is 6.42 Å². The molecule has 3 rings (SSSR count). The molecule has 0 unspecified atom stereocenters. The number of anilines is 1. The summed E-state index contributed by atoms with van der Waals surface area (Å²) in [5.41, 5.74) is 5.75. The van der Waals surface area contributed by atoms with Crippen LogP contribution in [0.2, 0.25) is 0 Å². The molecule has 2 aromatic heterocycles. The van der Waals surface area contributed by atoms with E-state index in [4.69, 9.17) is 19.7 Å². The minimum atomic E-state index is -3.85. The number of nitrogens with one attached hydrogen (secondary N) is 1. The summed E-state index contributed by atoms with van der Waals surface area (Å²) < 4.78 is 22.3. The van der Waals surface area contributed by atoms with Crippen LogP contribution in [-0.2, 0) is 20.2 Å².